The first kappa shape index (κ1) is 18.5. The third kappa shape index (κ3) is 4.88. The number of aromatic nitrogens is 2. The van der Waals surface area contributed by atoms with Crippen LogP contribution in [0.2, 0.25) is 0 Å². The van der Waals surface area contributed by atoms with Crippen LogP contribution < -0.4 is 20.1 Å². The fourth-order valence-corrected chi connectivity index (χ4v) is 2.65. The predicted octanol–water partition coefficient (Wildman–Crippen LogP) is 5.07. The highest BCUT2D eigenvalue weighted by atomic mass is 16.5. The standard InChI is InChI=1S/C21H24N4O2/c1-14(2)27-19-12-8-6-10-17(19)25-21-13-20(22-15(3)23-21)24-16-9-5-7-11-18(16)26-4/h5-14H,1-4H3,(H2,22,23,24,25). The maximum Gasteiger partial charge on any atom is 0.143 e. The number of rotatable bonds is 7. The first-order valence-corrected chi connectivity index (χ1v) is 8.83. The molecule has 0 radical (unpaired) electrons. The van der Waals surface area contributed by atoms with Crippen LogP contribution in [0.5, 0.6) is 11.5 Å². The zero-order valence-corrected chi connectivity index (χ0v) is 16.0. The number of aryl methyl sites for hydroxylation is 1. The summed E-state index contributed by atoms with van der Waals surface area (Å²) in [6.45, 7) is 5.86. The lowest BCUT2D eigenvalue weighted by molar-refractivity contribution is 0.244. The lowest BCUT2D eigenvalue weighted by Crippen LogP contribution is -2.08. The fraction of sp³-hybridized carbons (Fsp3) is 0.238. The molecule has 3 rings (SSSR count). The number of nitrogens with zero attached hydrogens (tertiary/aromatic N) is 2. The number of nitrogens with one attached hydrogen (secondary N) is 2. The molecule has 1 heterocycles. The van der Waals surface area contributed by atoms with Gasteiger partial charge in [0.05, 0.1) is 24.6 Å². The second kappa shape index (κ2) is 8.40. The topological polar surface area (TPSA) is 68.3 Å². The van der Waals surface area contributed by atoms with Crippen LogP contribution in [0.3, 0.4) is 0 Å². The molecule has 0 unspecified atom stereocenters. The zero-order valence-electron chi connectivity index (χ0n) is 16.0. The summed E-state index contributed by atoms with van der Waals surface area (Å²) in [7, 11) is 1.64. The summed E-state index contributed by atoms with van der Waals surface area (Å²) in [5, 5.41) is 6.62. The van der Waals surface area contributed by atoms with Gasteiger partial charge >= 0.3 is 0 Å². The van der Waals surface area contributed by atoms with Gasteiger partial charge < -0.3 is 20.1 Å². The number of ether oxygens (including phenoxy) is 2. The number of hydrogen-bond acceptors (Lipinski definition) is 6. The van der Waals surface area contributed by atoms with Crippen LogP contribution in [0.15, 0.2) is 54.6 Å². The molecule has 140 valence electrons. The van der Waals surface area contributed by atoms with Gasteiger partial charge in [0.25, 0.3) is 0 Å². The van der Waals surface area contributed by atoms with Crippen molar-refractivity contribution in [2.75, 3.05) is 17.7 Å². The summed E-state index contributed by atoms with van der Waals surface area (Å²) >= 11 is 0. The monoisotopic (exact) mass is 364 g/mol. The molecule has 0 saturated carbocycles. The molecule has 0 aliphatic heterocycles. The molecule has 0 fully saturated rings. The summed E-state index contributed by atoms with van der Waals surface area (Å²) in [6.07, 6.45) is 0.0860. The van der Waals surface area contributed by atoms with Crippen molar-refractivity contribution in [1.82, 2.24) is 9.97 Å². The van der Waals surface area contributed by atoms with Gasteiger partial charge in [-0.25, -0.2) is 9.97 Å². The Morgan fingerprint density at radius 2 is 1.33 bits per heavy atom. The molecule has 6 nitrogen and oxygen atoms in total. The SMILES string of the molecule is COc1ccccc1Nc1cc(Nc2ccccc2OC(C)C)nc(C)n1. The summed E-state index contributed by atoms with van der Waals surface area (Å²) in [6, 6.07) is 17.4. The molecule has 0 bridgehead atoms. The van der Waals surface area contributed by atoms with E-state index < -0.39 is 0 Å². The van der Waals surface area contributed by atoms with E-state index in [0.29, 0.717) is 17.5 Å². The highest BCUT2D eigenvalue weighted by Crippen LogP contribution is 2.30. The minimum Gasteiger partial charge on any atom is -0.495 e. The van der Waals surface area contributed by atoms with Gasteiger partial charge in [-0.3, -0.25) is 0 Å². The van der Waals surface area contributed by atoms with Crippen molar-refractivity contribution in [2.24, 2.45) is 0 Å². The van der Waals surface area contributed by atoms with Crippen molar-refractivity contribution in [1.29, 1.82) is 0 Å². The minimum atomic E-state index is 0.0860. The normalized spacial score (nSPS) is 10.6. The molecule has 3 aromatic rings. The highest BCUT2D eigenvalue weighted by molar-refractivity contribution is 5.69. The third-order valence-electron chi connectivity index (χ3n) is 3.72. The van der Waals surface area contributed by atoms with E-state index in [1.54, 1.807) is 7.11 Å². The molecule has 0 saturated heterocycles. The van der Waals surface area contributed by atoms with Crippen LogP contribution >= 0.6 is 0 Å². The molecule has 0 amide bonds. The van der Waals surface area contributed by atoms with Crippen LogP contribution in [-0.4, -0.2) is 23.2 Å². The van der Waals surface area contributed by atoms with E-state index in [1.165, 1.54) is 0 Å². The van der Waals surface area contributed by atoms with Gasteiger partial charge in [-0.15, -0.1) is 0 Å². The maximum absolute atomic E-state index is 5.87. The van der Waals surface area contributed by atoms with Crippen LogP contribution in [0.4, 0.5) is 23.0 Å². The third-order valence-corrected chi connectivity index (χ3v) is 3.72. The van der Waals surface area contributed by atoms with Crippen LogP contribution in [0.25, 0.3) is 0 Å². The molecule has 1 aromatic heterocycles. The van der Waals surface area contributed by atoms with Crippen molar-refractivity contribution in [3.8, 4) is 11.5 Å². The van der Waals surface area contributed by atoms with Crippen LogP contribution in [-0.2, 0) is 0 Å². The van der Waals surface area contributed by atoms with Gasteiger partial charge in [0.1, 0.15) is 29.0 Å². The number of para-hydroxylation sites is 4. The molecule has 0 atom stereocenters. The predicted molar refractivity (Wildman–Crippen MR) is 109 cm³/mol. The maximum atomic E-state index is 5.87. The van der Waals surface area contributed by atoms with Crippen molar-refractivity contribution in [2.45, 2.75) is 26.9 Å². The lowest BCUT2D eigenvalue weighted by atomic mass is 10.2. The first-order chi connectivity index (χ1) is 13.0. The first-order valence-electron chi connectivity index (χ1n) is 8.83. The van der Waals surface area contributed by atoms with Gasteiger partial charge in [0.2, 0.25) is 0 Å². The minimum absolute atomic E-state index is 0.0860. The average molecular weight is 364 g/mol. The van der Waals surface area contributed by atoms with E-state index in [0.717, 1.165) is 22.9 Å². The Bertz CT molecular complexity index is 912. The molecular formula is C21H24N4O2. The van der Waals surface area contributed by atoms with E-state index in [9.17, 15) is 0 Å². The molecule has 0 spiro atoms. The summed E-state index contributed by atoms with van der Waals surface area (Å²) < 4.78 is 11.3. The Kier molecular flexibility index (Phi) is 5.76. The summed E-state index contributed by atoms with van der Waals surface area (Å²) in [5.74, 6) is 3.54. The van der Waals surface area contributed by atoms with Crippen molar-refractivity contribution in [3.05, 3.63) is 60.4 Å². The molecule has 27 heavy (non-hydrogen) atoms. The second-order valence-corrected chi connectivity index (χ2v) is 6.30. The van der Waals surface area contributed by atoms with Gasteiger partial charge in [0, 0.05) is 6.07 Å². The molecule has 2 N–H and O–H groups in total. The average Bonchev–Trinajstić information content (AvgIpc) is 2.63. The Balaban J connectivity index is 1.86. The zero-order chi connectivity index (χ0) is 19.2. The summed E-state index contributed by atoms with van der Waals surface area (Å²) in [4.78, 5) is 8.95. The van der Waals surface area contributed by atoms with Gasteiger partial charge in [-0.05, 0) is 45.0 Å². The van der Waals surface area contributed by atoms with Crippen LogP contribution in [0.1, 0.15) is 19.7 Å². The van der Waals surface area contributed by atoms with E-state index >= 15 is 0 Å². The molecular weight excluding hydrogens is 340 g/mol. The number of benzene rings is 2. The Hall–Kier alpha value is -3.28. The number of anilines is 4. The van der Waals surface area contributed by atoms with E-state index in [2.05, 4.69) is 20.6 Å². The van der Waals surface area contributed by atoms with E-state index in [1.807, 2.05) is 75.4 Å². The van der Waals surface area contributed by atoms with Gasteiger partial charge in [0.15, 0.2) is 0 Å². The Labute approximate surface area is 159 Å². The largest absolute Gasteiger partial charge is 0.495 e. The fourth-order valence-electron chi connectivity index (χ4n) is 2.65. The van der Waals surface area contributed by atoms with Gasteiger partial charge in [-0.2, -0.15) is 0 Å². The van der Waals surface area contributed by atoms with Crippen molar-refractivity contribution < 1.29 is 9.47 Å². The smallest absolute Gasteiger partial charge is 0.143 e. The second-order valence-electron chi connectivity index (χ2n) is 6.30. The molecule has 2 aromatic carbocycles. The van der Waals surface area contributed by atoms with E-state index in [-0.39, 0.29) is 6.10 Å². The van der Waals surface area contributed by atoms with E-state index in [4.69, 9.17) is 9.47 Å². The molecule has 0 aliphatic carbocycles. The number of methoxy groups -OCH3 is 1. The number of hydrogen-bond donors (Lipinski definition) is 2. The Morgan fingerprint density at radius 3 is 1.89 bits per heavy atom. The lowest BCUT2D eigenvalue weighted by Gasteiger charge is -2.16. The summed E-state index contributed by atoms with van der Waals surface area (Å²) in [5.41, 5.74) is 1.69. The Morgan fingerprint density at radius 1 is 0.815 bits per heavy atom. The highest BCUT2D eigenvalue weighted by Gasteiger charge is 2.09. The van der Waals surface area contributed by atoms with Gasteiger partial charge in [-0.1, -0.05) is 24.3 Å². The van der Waals surface area contributed by atoms with Crippen LogP contribution in [0, 0.1) is 6.92 Å². The quantitative estimate of drug-likeness (QED) is 0.610. The van der Waals surface area contributed by atoms with Crippen molar-refractivity contribution in [3.63, 3.8) is 0 Å². The van der Waals surface area contributed by atoms with Crippen molar-refractivity contribution >= 4 is 23.0 Å². The molecule has 0 aliphatic rings. The molecule has 6 heteroatoms.